The van der Waals surface area contributed by atoms with Crippen molar-refractivity contribution in [2.45, 2.75) is 6.92 Å². The summed E-state index contributed by atoms with van der Waals surface area (Å²) in [5, 5.41) is 0. The van der Waals surface area contributed by atoms with Crippen LogP contribution in [-0.2, 0) is 4.74 Å². The number of ether oxygens (including phenoxy) is 2. The summed E-state index contributed by atoms with van der Waals surface area (Å²) in [4.78, 5) is 0. The molecule has 0 heterocycles. The van der Waals surface area contributed by atoms with Gasteiger partial charge < -0.3 is 9.47 Å². The van der Waals surface area contributed by atoms with Crippen molar-refractivity contribution < 1.29 is 13.9 Å². The van der Waals surface area contributed by atoms with Crippen molar-refractivity contribution in [3.63, 3.8) is 0 Å². The summed E-state index contributed by atoms with van der Waals surface area (Å²) < 4.78 is 23.0. The lowest BCUT2D eigenvalue weighted by molar-refractivity contribution is 0.146. The lowest BCUT2D eigenvalue weighted by atomic mass is 10.2. The number of aryl methyl sites for hydroxylation is 1. The van der Waals surface area contributed by atoms with E-state index >= 15 is 0 Å². The van der Waals surface area contributed by atoms with Crippen molar-refractivity contribution in [2.75, 3.05) is 20.3 Å². The molecule has 1 aromatic carbocycles. The zero-order valence-electron chi connectivity index (χ0n) is 7.84. The number of benzene rings is 1. The summed E-state index contributed by atoms with van der Waals surface area (Å²) in [6.45, 7) is 2.67. The highest BCUT2D eigenvalue weighted by Gasteiger charge is 1.99. The molecule has 1 aromatic rings. The molecule has 0 unspecified atom stereocenters. The Morgan fingerprint density at radius 3 is 2.69 bits per heavy atom. The van der Waals surface area contributed by atoms with Crippen molar-refractivity contribution in [1.29, 1.82) is 0 Å². The first-order valence-electron chi connectivity index (χ1n) is 4.12. The van der Waals surface area contributed by atoms with Gasteiger partial charge in [0.25, 0.3) is 0 Å². The fraction of sp³-hybridized carbons (Fsp3) is 0.400. The molecule has 1 rings (SSSR count). The van der Waals surface area contributed by atoms with Crippen molar-refractivity contribution in [3.8, 4) is 5.75 Å². The number of halogens is 1. The van der Waals surface area contributed by atoms with Crippen LogP contribution in [0.15, 0.2) is 18.2 Å². The molecule has 0 N–H and O–H groups in total. The normalized spacial score (nSPS) is 10.1. The minimum atomic E-state index is -0.241. The van der Waals surface area contributed by atoms with Gasteiger partial charge in [0.1, 0.15) is 18.2 Å². The van der Waals surface area contributed by atoms with Crippen molar-refractivity contribution >= 4 is 0 Å². The highest BCUT2D eigenvalue weighted by Crippen LogP contribution is 2.15. The fourth-order valence-corrected chi connectivity index (χ4v) is 0.906. The van der Waals surface area contributed by atoms with E-state index in [0.717, 1.165) is 0 Å². The molecule has 0 amide bonds. The van der Waals surface area contributed by atoms with Crippen LogP contribution in [0.25, 0.3) is 0 Å². The largest absolute Gasteiger partial charge is 0.491 e. The van der Waals surface area contributed by atoms with E-state index in [1.807, 2.05) is 0 Å². The Labute approximate surface area is 77.3 Å². The average molecular weight is 184 g/mol. The van der Waals surface area contributed by atoms with Crippen LogP contribution in [0.5, 0.6) is 5.75 Å². The topological polar surface area (TPSA) is 18.5 Å². The van der Waals surface area contributed by atoms with E-state index in [-0.39, 0.29) is 5.82 Å². The van der Waals surface area contributed by atoms with Crippen molar-refractivity contribution in [2.24, 2.45) is 0 Å². The number of hydrogen-bond acceptors (Lipinski definition) is 2. The van der Waals surface area contributed by atoms with Gasteiger partial charge in [-0.05, 0) is 18.6 Å². The molecule has 0 aliphatic carbocycles. The SMILES string of the molecule is COCCOc1ccc(C)c(F)c1. The Bertz CT molecular complexity index is 274. The Balaban J connectivity index is 2.53. The smallest absolute Gasteiger partial charge is 0.129 e. The Kier molecular flexibility index (Phi) is 3.71. The number of rotatable bonds is 4. The van der Waals surface area contributed by atoms with Crippen LogP contribution in [0.2, 0.25) is 0 Å². The molecule has 3 heteroatoms. The first-order chi connectivity index (χ1) is 6.24. The van der Waals surface area contributed by atoms with Gasteiger partial charge in [0, 0.05) is 13.2 Å². The monoisotopic (exact) mass is 184 g/mol. The molecule has 0 atom stereocenters. The van der Waals surface area contributed by atoms with Gasteiger partial charge >= 0.3 is 0 Å². The van der Waals surface area contributed by atoms with Gasteiger partial charge in [0.15, 0.2) is 0 Å². The molecule has 0 spiro atoms. The van der Waals surface area contributed by atoms with Crippen LogP contribution < -0.4 is 4.74 Å². The molecular formula is C10H13FO2. The van der Waals surface area contributed by atoms with Gasteiger partial charge in [-0.25, -0.2) is 4.39 Å². The summed E-state index contributed by atoms with van der Waals surface area (Å²) in [6.07, 6.45) is 0. The van der Waals surface area contributed by atoms with Crippen LogP contribution in [0.4, 0.5) is 4.39 Å². The molecule has 0 saturated heterocycles. The standard InChI is InChI=1S/C10H13FO2/c1-8-3-4-9(7-10(8)11)13-6-5-12-2/h3-4,7H,5-6H2,1-2H3. The second kappa shape index (κ2) is 4.82. The summed E-state index contributed by atoms with van der Waals surface area (Å²) >= 11 is 0. The van der Waals surface area contributed by atoms with E-state index in [0.29, 0.717) is 24.5 Å². The van der Waals surface area contributed by atoms with E-state index in [4.69, 9.17) is 9.47 Å². The van der Waals surface area contributed by atoms with Gasteiger partial charge in [0.2, 0.25) is 0 Å². The van der Waals surface area contributed by atoms with E-state index in [1.54, 1.807) is 26.2 Å². The first kappa shape index (κ1) is 9.99. The summed E-state index contributed by atoms with van der Waals surface area (Å²) in [6, 6.07) is 4.82. The molecule has 72 valence electrons. The maximum atomic E-state index is 13.0. The second-order valence-electron chi connectivity index (χ2n) is 2.75. The third-order valence-electron chi connectivity index (χ3n) is 1.70. The molecule has 0 aliphatic heterocycles. The molecule has 0 fully saturated rings. The maximum absolute atomic E-state index is 13.0. The molecule has 0 aromatic heterocycles. The van der Waals surface area contributed by atoms with Crippen LogP contribution in [0, 0.1) is 12.7 Å². The molecule has 2 nitrogen and oxygen atoms in total. The first-order valence-corrected chi connectivity index (χ1v) is 4.12. The van der Waals surface area contributed by atoms with E-state index in [1.165, 1.54) is 6.07 Å². The summed E-state index contributed by atoms with van der Waals surface area (Å²) in [5.41, 5.74) is 0.624. The predicted molar refractivity (Wildman–Crippen MR) is 48.5 cm³/mol. The fourth-order valence-electron chi connectivity index (χ4n) is 0.906. The molecule has 0 bridgehead atoms. The van der Waals surface area contributed by atoms with Crippen molar-refractivity contribution in [1.82, 2.24) is 0 Å². The lowest BCUT2D eigenvalue weighted by Crippen LogP contribution is -2.04. The van der Waals surface area contributed by atoms with Crippen LogP contribution in [0.1, 0.15) is 5.56 Å². The van der Waals surface area contributed by atoms with Crippen LogP contribution in [0.3, 0.4) is 0 Å². The van der Waals surface area contributed by atoms with E-state index in [2.05, 4.69) is 0 Å². The van der Waals surface area contributed by atoms with Gasteiger partial charge in [-0.3, -0.25) is 0 Å². The zero-order valence-corrected chi connectivity index (χ0v) is 7.84. The van der Waals surface area contributed by atoms with E-state index in [9.17, 15) is 4.39 Å². The molecule has 0 saturated carbocycles. The molecule has 13 heavy (non-hydrogen) atoms. The Morgan fingerprint density at radius 2 is 2.08 bits per heavy atom. The maximum Gasteiger partial charge on any atom is 0.129 e. The molecular weight excluding hydrogens is 171 g/mol. The third kappa shape index (κ3) is 3.03. The average Bonchev–Trinajstić information content (AvgIpc) is 2.12. The Morgan fingerprint density at radius 1 is 1.31 bits per heavy atom. The van der Waals surface area contributed by atoms with Gasteiger partial charge in [-0.1, -0.05) is 6.07 Å². The number of hydrogen-bond donors (Lipinski definition) is 0. The predicted octanol–water partition coefficient (Wildman–Crippen LogP) is 2.16. The highest BCUT2D eigenvalue weighted by molar-refractivity contribution is 5.27. The third-order valence-corrected chi connectivity index (χ3v) is 1.70. The minimum Gasteiger partial charge on any atom is -0.491 e. The Hall–Kier alpha value is -1.09. The van der Waals surface area contributed by atoms with E-state index < -0.39 is 0 Å². The van der Waals surface area contributed by atoms with Crippen LogP contribution >= 0.6 is 0 Å². The zero-order chi connectivity index (χ0) is 9.68. The molecule has 0 aliphatic rings. The highest BCUT2D eigenvalue weighted by atomic mass is 19.1. The summed E-state index contributed by atoms with van der Waals surface area (Å²) in [5.74, 6) is 0.301. The van der Waals surface area contributed by atoms with Gasteiger partial charge in [-0.15, -0.1) is 0 Å². The minimum absolute atomic E-state index is 0.241. The van der Waals surface area contributed by atoms with Gasteiger partial charge in [-0.2, -0.15) is 0 Å². The quantitative estimate of drug-likeness (QED) is 0.667. The second-order valence-corrected chi connectivity index (χ2v) is 2.75. The molecule has 0 radical (unpaired) electrons. The van der Waals surface area contributed by atoms with Crippen molar-refractivity contribution in [3.05, 3.63) is 29.6 Å². The lowest BCUT2D eigenvalue weighted by Gasteiger charge is -2.05. The number of methoxy groups -OCH3 is 1. The van der Waals surface area contributed by atoms with Gasteiger partial charge in [0.05, 0.1) is 6.61 Å². The summed E-state index contributed by atoms with van der Waals surface area (Å²) in [7, 11) is 1.60. The van der Waals surface area contributed by atoms with Crippen LogP contribution in [-0.4, -0.2) is 20.3 Å².